The zero-order valence-electron chi connectivity index (χ0n) is 16.7. The maximum atomic E-state index is 10.5. The number of nitrogens with zero attached hydrogens (tertiary/aromatic N) is 2. The van der Waals surface area contributed by atoms with Crippen molar-refractivity contribution in [2.45, 2.75) is 37.6 Å². The van der Waals surface area contributed by atoms with Crippen LogP contribution in [0.1, 0.15) is 17.5 Å². The van der Waals surface area contributed by atoms with Crippen molar-refractivity contribution in [3.8, 4) is 17.2 Å². The van der Waals surface area contributed by atoms with E-state index in [0.29, 0.717) is 11.3 Å². The quantitative estimate of drug-likeness (QED) is 0.463. The van der Waals surface area contributed by atoms with Crippen LogP contribution in [0.3, 0.4) is 0 Å². The summed E-state index contributed by atoms with van der Waals surface area (Å²) >= 11 is 5.61. The van der Waals surface area contributed by atoms with E-state index in [9.17, 15) is 25.7 Å². The molecular weight excluding hydrogens is 416 g/mol. The Morgan fingerprint density at radius 1 is 1.03 bits per heavy atom. The van der Waals surface area contributed by atoms with E-state index in [-0.39, 0.29) is 10.2 Å². The highest BCUT2D eigenvalue weighted by molar-refractivity contribution is 7.71. The van der Waals surface area contributed by atoms with Gasteiger partial charge in [0.05, 0.1) is 12.2 Å². The van der Waals surface area contributed by atoms with Crippen molar-refractivity contribution in [3.63, 3.8) is 0 Å². The number of benzene rings is 2. The molecule has 4 rings (SSSR count). The highest BCUT2D eigenvalue weighted by atomic mass is 32.1. The Kier molecular flexibility index (Phi) is 5.90. The summed E-state index contributed by atoms with van der Waals surface area (Å²) in [6, 6.07) is 17.6. The SMILES string of the molecule is Cc1cc(-c2cccc3ccccc23)c(C#N)c(=S)n1[C@@H]1O[C@H](CO)[C@@H](O)[C@@H](O)[C@H]1O. The fraction of sp³-hybridized carbons (Fsp3) is 0.304. The van der Waals surface area contributed by atoms with Gasteiger partial charge in [0.15, 0.2) is 6.23 Å². The number of ether oxygens (including phenoxy) is 1. The van der Waals surface area contributed by atoms with E-state index in [2.05, 4.69) is 6.07 Å². The monoisotopic (exact) mass is 438 g/mol. The molecule has 1 aliphatic heterocycles. The van der Waals surface area contributed by atoms with Crippen LogP contribution in [0.2, 0.25) is 0 Å². The van der Waals surface area contributed by atoms with Crippen molar-refractivity contribution in [3.05, 3.63) is 64.4 Å². The smallest absolute Gasteiger partial charge is 0.164 e. The molecule has 0 aliphatic carbocycles. The Bertz CT molecular complexity index is 1230. The molecule has 1 saturated heterocycles. The predicted molar refractivity (Wildman–Crippen MR) is 117 cm³/mol. The molecule has 0 unspecified atom stereocenters. The summed E-state index contributed by atoms with van der Waals surface area (Å²) in [5, 5.41) is 52.2. The number of fused-ring (bicyclic) bond motifs is 1. The van der Waals surface area contributed by atoms with Gasteiger partial charge in [-0.2, -0.15) is 5.26 Å². The zero-order chi connectivity index (χ0) is 22.3. The van der Waals surface area contributed by atoms with E-state index >= 15 is 0 Å². The van der Waals surface area contributed by atoms with Crippen molar-refractivity contribution >= 4 is 23.0 Å². The highest BCUT2D eigenvalue weighted by Gasteiger charge is 2.44. The van der Waals surface area contributed by atoms with E-state index in [0.717, 1.165) is 16.3 Å². The number of hydrogen-bond acceptors (Lipinski definition) is 7. The molecule has 8 heteroatoms. The highest BCUT2D eigenvalue weighted by Crippen LogP contribution is 2.35. The first-order valence-electron chi connectivity index (χ1n) is 9.84. The number of aliphatic hydroxyl groups is 4. The fourth-order valence-corrected chi connectivity index (χ4v) is 4.54. The molecule has 2 aromatic carbocycles. The van der Waals surface area contributed by atoms with Gasteiger partial charge in [-0.1, -0.05) is 54.7 Å². The van der Waals surface area contributed by atoms with E-state index in [1.54, 1.807) is 13.0 Å². The van der Waals surface area contributed by atoms with Crippen LogP contribution < -0.4 is 0 Å². The number of nitriles is 1. The van der Waals surface area contributed by atoms with Crippen molar-refractivity contribution in [2.75, 3.05) is 6.61 Å². The van der Waals surface area contributed by atoms with Gasteiger partial charge < -0.3 is 29.7 Å². The molecule has 1 aromatic heterocycles. The number of rotatable bonds is 3. The molecule has 160 valence electrons. The number of aliphatic hydroxyl groups excluding tert-OH is 4. The van der Waals surface area contributed by atoms with Gasteiger partial charge in [-0.25, -0.2) is 0 Å². The lowest BCUT2D eigenvalue weighted by Gasteiger charge is -2.41. The second-order valence-corrected chi connectivity index (χ2v) is 7.99. The van der Waals surface area contributed by atoms with E-state index < -0.39 is 37.3 Å². The standard InChI is InChI=1S/C23H22N2O5S/c1-12-9-16(15-8-4-6-13-5-2-3-7-14(13)15)17(10-24)23(31)25(12)22-21(29)20(28)19(27)18(11-26)30-22/h2-9,18-22,26-29H,11H2,1H3/t18-,19-,20-,21-,22-/m1/s1. The molecule has 0 spiro atoms. The molecule has 2 heterocycles. The van der Waals surface area contributed by atoms with Gasteiger partial charge in [-0.3, -0.25) is 0 Å². The minimum Gasteiger partial charge on any atom is -0.394 e. The first-order valence-corrected chi connectivity index (χ1v) is 10.2. The third kappa shape index (κ3) is 3.55. The third-order valence-corrected chi connectivity index (χ3v) is 6.15. The Morgan fingerprint density at radius 3 is 2.45 bits per heavy atom. The van der Waals surface area contributed by atoms with Crippen LogP contribution in [0.25, 0.3) is 21.9 Å². The molecule has 1 aliphatic rings. The molecule has 0 amide bonds. The molecule has 5 atom stereocenters. The molecule has 4 N–H and O–H groups in total. The molecule has 0 saturated carbocycles. The van der Waals surface area contributed by atoms with Crippen molar-refractivity contribution in [1.82, 2.24) is 4.57 Å². The molecule has 1 fully saturated rings. The molecule has 7 nitrogen and oxygen atoms in total. The summed E-state index contributed by atoms with van der Waals surface area (Å²) in [6.07, 6.45) is -6.76. The Balaban J connectivity index is 1.91. The van der Waals surface area contributed by atoms with Crippen molar-refractivity contribution in [1.29, 1.82) is 5.26 Å². The Morgan fingerprint density at radius 2 is 1.74 bits per heavy atom. The fourth-order valence-electron chi connectivity index (χ4n) is 4.14. The predicted octanol–water partition coefficient (Wildman–Crippen LogP) is 2.19. The number of aryl methyl sites for hydroxylation is 1. The lowest BCUT2D eigenvalue weighted by atomic mass is 9.94. The third-order valence-electron chi connectivity index (χ3n) is 5.75. The van der Waals surface area contributed by atoms with Crippen LogP contribution >= 0.6 is 12.2 Å². The van der Waals surface area contributed by atoms with Crippen molar-refractivity contribution < 1.29 is 25.2 Å². The first kappa shape index (κ1) is 21.6. The minimum atomic E-state index is -1.54. The van der Waals surface area contributed by atoms with Crippen LogP contribution in [0, 0.1) is 22.9 Å². The molecule has 31 heavy (non-hydrogen) atoms. The summed E-state index contributed by atoms with van der Waals surface area (Å²) < 4.78 is 7.25. The van der Waals surface area contributed by atoms with E-state index in [1.807, 2.05) is 42.5 Å². The van der Waals surface area contributed by atoms with Gasteiger partial charge in [-0.15, -0.1) is 0 Å². The number of pyridine rings is 1. The van der Waals surface area contributed by atoms with Crippen LogP contribution in [-0.4, -0.2) is 56.0 Å². The van der Waals surface area contributed by atoms with Gasteiger partial charge in [0, 0.05) is 11.3 Å². The normalized spacial score (nSPS) is 26.0. The summed E-state index contributed by atoms with van der Waals surface area (Å²) in [5.41, 5.74) is 2.33. The van der Waals surface area contributed by atoms with Crippen molar-refractivity contribution in [2.24, 2.45) is 0 Å². The van der Waals surface area contributed by atoms with E-state index in [1.165, 1.54) is 4.57 Å². The zero-order valence-corrected chi connectivity index (χ0v) is 17.5. The lowest BCUT2D eigenvalue weighted by molar-refractivity contribution is -0.252. The van der Waals surface area contributed by atoms with Gasteiger partial charge in [0.25, 0.3) is 0 Å². The summed E-state index contributed by atoms with van der Waals surface area (Å²) in [5.74, 6) is 0. The van der Waals surface area contributed by atoms with Gasteiger partial charge in [-0.05, 0) is 29.3 Å². The summed E-state index contributed by atoms with van der Waals surface area (Å²) in [7, 11) is 0. The molecule has 3 aromatic rings. The van der Waals surface area contributed by atoms with Crippen LogP contribution in [0.5, 0.6) is 0 Å². The van der Waals surface area contributed by atoms with Gasteiger partial charge >= 0.3 is 0 Å². The number of aromatic nitrogens is 1. The van der Waals surface area contributed by atoms with E-state index in [4.69, 9.17) is 17.0 Å². The summed E-state index contributed by atoms with van der Waals surface area (Å²) in [6.45, 7) is 1.21. The molecule has 0 bridgehead atoms. The van der Waals surface area contributed by atoms with Gasteiger partial charge in [0.2, 0.25) is 0 Å². The topological polar surface area (TPSA) is 119 Å². The maximum Gasteiger partial charge on any atom is 0.164 e. The minimum absolute atomic E-state index is 0.134. The van der Waals surface area contributed by atoms with Crippen LogP contribution in [-0.2, 0) is 4.74 Å². The maximum absolute atomic E-state index is 10.5. The second kappa shape index (κ2) is 8.48. The van der Waals surface area contributed by atoms with Crippen LogP contribution in [0.4, 0.5) is 0 Å². The molecular formula is C23H22N2O5S. The number of hydrogen-bond donors (Lipinski definition) is 4. The molecule has 0 radical (unpaired) electrons. The second-order valence-electron chi connectivity index (χ2n) is 7.61. The van der Waals surface area contributed by atoms with Gasteiger partial charge in [0.1, 0.15) is 35.1 Å². The average molecular weight is 439 g/mol. The first-order chi connectivity index (χ1) is 14.9. The Labute approximate surface area is 184 Å². The van der Waals surface area contributed by atoms with Crippen LogP contribution in [0.15, 0.2) is 48.5 Å². The Hall–Kier alpha value is -2.64. The largest absolute Gasteiger partial charge is 0.394 e. The average Bonchev–Trinajstić information content (AvgIpc) is 2.78. The summed E-state index contributed by atoms with van der Waals surface area (Å²) in [4.78, 5) is 0. The lowest BCUT2D eigenvalue weighted by Crippen LogP contribution is -2.56.